The van der Waals surface area contributed by atoms with E-state index < -0.39 is 0 Å². The lowest BCUT2D eigenvalue weighted by molar-refractivity contribution is 0.0768. The third-order valence-electron chi connectivity index (χ3n) is 6.11. The number of hydrazone groups is 1. The van der Waals surface area contributed by atoms with Crippen LogP contribution in [0.15, 0.2) is 66.0 Å². The molecule has 9 nitrogen and oxygen atoms in total. The quantitative estimate of drug-likeness (QED) is 0.199. The predicted octanol–water partition coefficient (Wildman–Crippen LogP) is 5.43. The van der Waals surface area contributed by atoms with Crippen molar-refractivity contribution in [2.75, 3.05) is 25.5 Å². The Labute approximate surface area is 216 Å². The molecule has 1 amide bonds. The molecule has 3 N–H and O–H groups in total. The number of carbonyl (C=O) groups excluding carboxylic acids is 1. The number of hydrogen-bond donors (Lipinski definition) is 3. The van der Waals surface area contributed by atoms with Gasteiger partial charge >= 0.3 is 0 Å². The van der Waals surface area contributed by atoms with E-state index in [2.05, 4.69) is 32.5 Å². The third-order valence-corrected chi connectivity index (χ3v) is 6.11. The van der Waals surface area contributed by atoms with E-state index in [9.17, 15) is 4.79 Å². The summed E-state index contributed by atoms with van der Waals surface area (Å²) in [6.45, 7) is 10.7. The predicted molar refractivity (Wildman–Crippen MR) is 149 cm³/mol. The van der Waals surface area contributed by atoms with Crippen LogP contribution in [-0.2, 0) is 0 Å². The number of nitrogens with zero attached hydrogens (tertiary/aromatic N) is 4. The Morgan fingerprint density at radius 3 is 2.59 bits per heavy atom. The lowest BCUT2D eigenvalue weighted by atomic mass is 10.1. The fourth-order valence-electron chi connectivity index (χ4n) is 3.99. The Kier molecular flexibility index (Phi) is 7.83. The van der Waals surface area contributed by atoms with E-state index in [1.165, 1.54) is 0 Å². The SMILES string of the molecule is C=NN/C=C(\C)c1ccc(Nc2nc(-c3ccc4cc(C(=O)N(CC)CC)[nH]c4c3)ncc2OC)cc1. The molecule has 0 aliphatic heterocycles. The molecule has 0 aliphatic rings. The molecule has 0 saturated carbocycles. The molecular formula is C28H31N7O2. The second-order valence-electron chi connectivity index (χ2n) is 8.39. The van der Waals surface area contributed by atoms with E-state index >= 15 is 0 Å². The second kappa shape index (κ2) is 11.4. The molecule has 0 saturated heterocycles. The fraction of sp³-hybridized carbons (Fsp3) is 0.214. The van der Waals surface area contributed by atoms with Gasteiger partial charge in [0.25, 0.3) is 5.91 Å². The monoisotopic (exact) mass is 497 g/mol. The van der Waals surface area contributed by atoms with Crippen LogP contribution >= 0.6 is 0 Å². The topological polar surface area (TPSA) is 108 Å². The lowest BCUT2D eigenvalue weighted by Crippen LogP contribution is -2.30. The van der Waals surface area contributed by atoms with Crippen LogP contribution in [0.4, 0.5) is 11.5 Å². The minimum atomic E-state index is -0.0136. The molecule has 0 spiro atoms. The van der Waals surface area contributed by atoms with Crippen LogP contribution in [0.5, 0.6) is 5.75 Å². The zero-order valence-corrected chi connectivity index (χ0v) is 21.5. The number of rotatable bonds is 10. The fourth-order valence-corrected chi connectivity index (χ4v) is 3.99. The molecule has 0 aliphatic carbocycles. The van der Waals surface area contributed by atoms with Crippen LogP contribution < -0.4 is 15.5 Å². The number of hydrogen-bond acceptors (Lipinski definition) is 7. The summed E-state index contributed by atoms with van der Waals surface area (Å²) in [5.74, 6) is 1.60. The van der Waals surface area contributed by atoms with Gasteiger partial charge in [0.05, 0.1) is 13.3 Å². The first-order valence-corrected chi connectivity index (χ1v) is 12.1. The van der Waals surface area contributed by atoms with Crippen molar-refractivity contribution in [3.8, 4) is 17.1 Å². The van der Waals surface area contributed by atoms with Crippen molar-refractivity contribution >= 4 is 40.6 Å². The highest BCUT2D eigenvalue weighted by molar-refractivity contribution is 5.98. The number of anilines is 2. The van der Waals surface area contributed by atoms with Gasteiger partial charge in [-0.05, 0) is 56.2 Å². The first-order valence-electron chi connectivity index (χ1n) is 12.1. The molecule has 9 heteroatoms. The Morgan fingerprint density at radius 1 is 1.16 bits per heavy atom. The van der Waals surface area contributed by atoms with E-state index in [1.807, 2.05) is 69.3 Å². The number of fused-ring (bicyclic) bond motifs is 1. The average Bonchev–Trinajstić information content (AvgIpc) is 3.36. The third kappa shape index (κ3) is 5.61. The largest absolute Gasteiger partial charge is 0.491 e. The molecule has 4 aromatic rings. The summed E-state index contributed by atoms with van der Waals surface area (Å²) < 4.78 is 5.49. The van der Waals surface area contributed by atoms with E-state index in [0.717, 1.165) is 33.3 Å². The standard InChI is InChI=1S/C28H31N7O2/c1-6-35(7-2)28(36)24-14-20-8-9-21(15-23(20)33-24)26-30-17-25(37-5)27(34-26)32-22-12-10-19(11-13-22)18(3)16-31-29-4/h8-17,31,33H,4,6-7H2,1-3,5H3,(H,30,32,34)/b18-16+. The van der Waals surface area contributed by atoms with Gasteiger partial charge in [-0.3, -0.25) is 10.2 Å². The molecule has 0 atom stereocenters. The highest BCUT2D eigenvalue weighted by atomic mass is 16.5. The van der Waals surface area contributed by atoms with E-state index in [1.54, 1.807) is 24.4 Å². The summed E-state index contributed by atoms with van der Waals surface area (Å²) >= 11 is 0. The number of carbonyl (C=O) groups is 1. The summed E-state index contributed by atoms with van der Waals surface area (Å²) in [5.41, 5.74) is 7.92. The Hall–Kier alpha value is -4.66. The van der Waals surface area contributed by atoms with Crippen molar-refractivity contribution in [3.05, 3.63) is 72.2 Å². The Morgan fingerprint density at radius 2 is 1.92 bits per heavy atom. The molecule has 0 radical (unpaired) electrons. The van der Waals surface area contributed by atoms with Crippen LogP contribution in [-0.4, -0.2) is 52.7 Å². The molecule has 4 rings (SSSR count). The zero-order valence-electron chi connectivity index (χ0n) is 21.5. The molecule has 2 heterocycles. The van der Waals surface area contributed by atoms with Crippen LogP contribution in [0.1, 0.15) is 36.8 Å². The second-order valence-corrected chi connectivity index (χ2v) is 8.39. The highest BCUT2D eigenvalue weighted by Crippen LogP contribution is 2.30. The maximum absolute atomic E-state index is 12.8. The maximum atomic E-state index is 12.8. The number of ether oxygens (including phenoxy) is 1. The van der Waals surface area contributed by atoms with Crippen LogP contribution in [0.25, 0.3) is 27.9 Å². The first kappa shape index (κ1) is 25.4. The number of nitrogens with one attached hydrogen (secondary N) is 3. The molecule has 190 valence electrons. The van der Waals surface area contributed by atoms with Gasteiger partial charge < -0.3 is 19.9 Å². The smallest absolute Gasteiger partial charge is 0.270 e. The minimum Gasteiger partial charge on any atom is -0.491 e. The van der Waals surface area contributed by atoms with Gasteiger partial charge in [-0.1, -0.05) is 24.3 Å². The van der Waals surface area contributed by atoms with Gasteiger partial charge in [-0.25, -0.2) is 9.97 Å². The van der Waals surface area contributed by atoms with Crippen molar-refractivity contribution in [1.82, 2.24) is 25.3 Å². The maximum Gasteiger partial charge on any atom is 0.270 e. The van der Waals surface area contributed by atoms with E-state index in [0.29, 0.717) is 36.2 Å². The van der Waals surface area contributed by atoms with E-state index in [-0.39, 0.29) is 5.91 Å². The van der Waals surface area contributed by atoms with Gasteiger partial charge in [-0.15, -0.1) is 0 Å². The molecular weight excluding hydrogens is 466 g/mol. The Balaban J connectivity index is 1.61. The number of allylic oxidation sites excluding steroid dienone is 1. The zero-order chi connectivity index (χ0) is 26.4. The Bertz CT molecular complexity index is 1440. The van der Waals surface area contributed by atoms with Gasteiger partial charge in [0.1, 0.15) is 5.69 Å². The lowest BCUT2D eigenvalue weighted by Gasteiger charge is -2.17. The summed E-state index contributed by atoms with van der Waals surface area (Å²) in [7, 11) is 1.58. The van der Waals surface area contributed by atoms with Gasteiger partial charge in [0.15, 0.2) is 17.4 Å². The number of H-pyrrole nitrogens is 1. The van der Waals surface area contributed by atoms with Crippen molar-refractivity contribution in [1.29, 1.82) is 0 Å². The van der Waals surface area contributed by atoms with Crippen molar-refractivity contribution in [3.63, 3.8) is 0 Å². The van der Waals surface area contributed by atoms with Gasteiger partial charge in [-0.2, -0.15) is 5.10 Å². The molecule has 0 fully saturated rings. The number of amides is 1. The molecule has 0 bridgehead atoms. The van der Waals surface area contributed by atoms with Crippen molar-refractivity contribution in [2.45, 2.75) is 20.8 Å². The molecule has 37 heavy (non-hydrogen) atoms. The van der Waals surface area contributed by atoms with Crippen LogP contribution in [0.3, 0.4) is 0 Å². The highest BCUT2D eigenvalue weighted by Gasteiger charge is 2.16. The number of aromatic nitrogens is 3. The molecule has 2 aromatic carbocycles. The van der Waals surface area contributed by atoms with Gasteiger partial charge in [0.2, 0.25) is 0 Å². The number of methoxy groups -OCH3 is 1. The molecule has 2 aromatic heterocycles. The molecule has 0 unspecified atom stereocenters. The van der Waals surface area contributed by atoms with Crippen LogP contribution in [0.2, 0.25) is 0 Å². The summed E-state index contributed by atoms with van der Waals surface area (Å²) in [5, 5.41) is 7.91. The summed E-state index contributed by atoms with van der Waals surface area (Å²) in [6, 6.07) is 15.7. The summed E-state index contributed by atoms with van der Waals surface area (Å²) in [4.78, 5) is 27.0. The normalized spacial score (nSPS) is 11.3. The summed E-state index contributed by atoms with van der Waals surface area (Å²) in [6.07, 6.45) is 3.44. The first-order chi connectivity index (χ1) is 18.0. The van der Waals surface area contributed by atoms with Gasteiger partial charge in [0, 0.05) is 48.2 Å². The van der Waals surface area contributed by atoms with Crippen molar-refractivity contribution < 1.29 is 9.53 Å². The number of aromatic amines is 1. The van der Waals surface area contributed by atoms with Crippen LogP contribution in [0, 0.1) is 0 Å². The number of benzene rings is 2. The van der Waals surface area contributed by atoms with Crippen molar-refractivity contribution in [2.24, 2.45) is 5.10 Å². The average molecular weight is 498 g/mol. The van der Waals surface area contributed by atoms with E-state index in [4.69, 9.17) is 9.72 Å². The minimum absolute atomic E-state index is 0.0136.